The number of carbonyl (C=O) groups is 1. The van der Waals surface area contributed by atoms with Gasteiger partial charge in [0.15, 0.2) is 0 Å². The molecule has 1 heterocycles. The third kappa shape index (κ3) is 3.05. The van der Waals surface area contributed by atoms with Crippen LogP contribution in [0.25, 0.3) is 6.08 Å². The highest BCUT2D eigenvalue weighted by Crippen LogP contribution is 2.32. The molecule has 0 bridgehead atoms. The molecule has 5 heteroatoms. The van der Waals surface area contributed by atoms with E-state index in [0.717, 1.165) is 5.56 Å². The van der Waals surface area contributed by atoms with Crippen molar-refractivity contribution in [2.75, 3.05) is 6.73 Å². The summed E-state index contributed by atoms with van der Waals surface area (Å²) in [7, 11) is 0. The van der Waals surface area contributed by atoms with E-state index in [0.29, 0.717) is 15.1 Å². The van der Waals surface area contributed by atoms with Gasteiger partial charge in [-0.2, -0.15) is 0 Å². The fraction of sp³-hybridized carbons (Fsp3) is 0.286. The lowest BCUT2D eigenvalue weighted by atomic mass is 10.0. The van der Waals surface area contributed by atoms with Crippen LogP contribution in [0.15, 0.2) is 29.2 Å². The van der Waals surface area contributed by atoms with E-state index in [1.54, 1.807) is 6.08 Å². The average molecular weight is 293 g/mol. The van der Waals surface area contributed by atoms with Gasteiger partial charge in [0.1, 0.15) is 11.1 Å². The minimum Gasteiger partial charge on any atom is -0.376 e. The Morgan fingerprint density at radius 2 is 2.00 bits per heavy atom. The zero-order chi connectivity index (χ0) is 14.0. The number of aliphatic hydroxyl groups excluding tert-OH is 1. The summed E-state index contributed by atoms with van der Waals surface area (Å²) in [5.41, 5.74) is 2.22. The summed E-state index contributed by atoms with van der Waals surface area (Å²) in [6.45, 7) is 3.91. The van der Waals surface area contributed by atoms with Crippen LogP contribution in [0.2, 0.25) is 0 Å². The maximum absolute atomic E-state index is 11.9. The van der Waals surface area contributed by atoms with Crippen molar-refractivity contribution >= 4 is 40.3 Å². The van der Waals surface area contributed by atoms with Gasteiger partial charge in [-0.25, -0.2) is 0 Å². The molecule has 1 aliphatic rings. The largest absolute Gasteiger partial charge is 0.376 e. The fourth-order valence-corrected chi connectivity index (χ4v) is 2.99. The second kappa shape index (κ2) is 5.86. The fourth-order valence-electron chi connectivity index (χ4n) is 1.75. The Balaban J connectivity index is 2.22. The molecule has 1 aromatic rings. The molecule has 1 saturated heterocycles. The van der Waals surface area contributed by atoms with Gasteiger partial charge in [0.2, 0.25) is 0 Å². The molecule has 1 aromatic carbocycles. The molecule has 100 valence electrons. The van der Waals surface area contributed by atoms with Crippen molar-refractivity contribution in [3.63, 3.8) is 0 Å². The molecule has 0 spiro atoms. The zero-order valence-electron chi connectivity index (χ0n) is 10.8. The molecular weight excluding hydrogens is 278 g/mol. The Bertz CT molecular complexity index is 535. The second-order valence-electron chi connectivity index (χ2n) is 4.57. The van der Waals surface area contributed by atoms with Gasteiger partial charge >= 0.3 is 0 Å². The van der Waals surface area contributed by atoms with Crippen LogP contribution in [-0.2, 0) is 4.79 Å². The molecule has 1 aliphatic heterocycles. The number of nitrogens with zero attached hydrogens (tertiary/aromatic N) is 1. The van der Waals surface area contributed by atoms with E-state index in [1.807, 2.05) is 12.1 Å². The standard InChI is InChI=1S/C14H15NO2S2/c1-9(2)11-5-3-10(4-6-11)7-12-13(17)15(8-16)14(18)19-12/h3-7,9,16H,8H2,1-2H3/b12-7+. The van der Waals surface area contributed by atoms with Crippen LogP contribution in [0.1, 0.15) is 30.9 Å². The zero-order valence-corrected chi connectivity index (χ0v) is 12.4. The predicted molar refractivity (Wildman–Crippen MR) is 82.6 cm³/mol. The van der Waals surface area contributed by atoms with Gasteiger partial charge in [-0.1, -0.05) is 62.1 Å². The van der Waals surface area contributed by atoms with Crippen LogP contribution < -0.4 is 0 Å². The van der Waals surface area contributed by atoms with E-state index < -0.39 is 0 Å². The Morgan fingerprint density at radius 3 is 2.47 bits per heavy atom. The normalized spacial score (nSPS) is 17.9. The Hall–Kier alpha value is -1.17. The third-order valence-electron chi connectivity index (χ3n) is 2.92. The molecule has 0 saturated carbocycles. The lowest BCUT2D eigenvalue weighted by molar-refractivity contribution is -0.124. The highest BCUT2D eigenvalue weighted by atomic mass is 32.2. The number of amides is 1. The van der Waals surface area contributed by atoms with Crippen molar-refractivity contribution in [2.45, 2.75) is 19.8 Å². The summed E-state index contributed by atoms with van der Waals surface area (Å²) in [5.74, 6) is 0.257. The van der Waals surface area contributed by atoms with Crippen LogP contribution in [-0.4, -0.2) is 27.0 Å². The minimum atomic E-state index is -0.367. The molecule has 0 aliphatic carbocycles. The number of hydrogen-bond donors (Lipinski definition) is 1. The number of benzene rings is 1. The monoisotopic (exact) mass is 293 g/mol. The number of carbonyl (C=O) groups excluding carboxylic acids is 1. The van der Waals surface area contributed by atoms with E-state index in [1.165, 1.54) is 22.2 Å². The number of thiocarbonyl (C=S) groups is 1. The number of hydrogen-bond acceptors (Lipinski definition) is 4. The van der Waals surface area contributed by atoms with Gasteiger partial charge in [-0.3, -0.25) is 9.69 Å². The van der Waals surface area contributed by atoms with Crippen molar-refractivity contribution < 1.29 is 9.90 Å². The summed E-state index contributed by atoms with van der Waals surface area (Å²) in [5, 5.41) is 9.07. The van der Waals surface area contributed by atoms with E-state index in [4.69, 9.17) is 17.3 Å². The quantitative estimate of drug-likeness (QED) is 0.687. The Morgan fingerprint density at radius 1 is 1.37 bits per heavy atom. The first kappa shape index (κ1) is 14.2. The molecular formula is C14H15NO2S2. The van der Waals surface area contributed by atoms with Gasteiger partial charge < -0.3 is 5.11 Å². The highest BCUT2D eigenvalue weighted by molar-refractivity contribution is 8.26. The molecule has 3 nitrogen and oxygen atoms in total. The van der Waals surface area contributed by atoms with Gasteiger partial charge in [0, 0.05) is 0 Å². The van der Waals surface area contributed by atoms with E-state index in [2.05, 4.69) is 26.0 Å². The van der Waals surface area contributed by atoms with Crippen LogP contribution in [0.5, 0.6) is 0 Å². The summed E-state index contributed by atoms with van der Waals surface area (Å²) >= 11 is 6.25. The topological polar surface area (TPSA) is 40.5 Å². The van der Waals surface area contributed by atoms with Crippen LogP contribution in [0.4, 0.5) is 0 Å². The maximum Gasteiger partial charge on any atom is 0.268 e. The molecule has 0 radical (unpaired) electrons. The Labute approximate surface area is 122 Å². The average Bonchev–Trinajstić information content (AvgIpc) is 2.64. The molecule has 19 heavy (non-hydrogen) atoms. The first-order chi connectivity index (χ1) is 9.02. The molecule has 0 aromatic heterocycles. The van der Waals surface area contributed by atoms with E-state index in [9.17, 15) is 4.79 Å². The van der Waals surface area contributed by atoms with Crippen LogP contribution in [0.3, 0.4) is 0 Å². The summed E-state index contributed by atoms with van der Waals surface area (Å²) < 4.78 is 0.401. The van der Waals surface area contributed by atoms with Crippen molar-refractivity contribution in [1.29, 1.82) is 0 Å². The van der Waals surface area contributed by atoms with E-state index >= 15 is 0 Å². The van der Waals surface area contributed by atoms with E-state index in [-0.39, 0.29) is 12.6 Å². The van der Waals surface area contributed by atoms with Gasteiger partial charge in [0.05, 0.1) is 4.91 Å². The van der Waals surface area contributed by atoms with Crippen molar-refractivity contribution in [3.8, 4) is 0 Å². The minimum absolute atomic E-state index is 0.231. The van der Waals surface area contributed by atoms with Gasteiger partial charge in [0.25, 0.3) is 5.91 Å². The number of thioether (sulfide) groups is 1. The molecule has 1 fully saturated rings. The highest BCUT2D eigenvalue weighted by Gasteiger charge is 2.31. The third-order valence-corrected chi connectivity index (χ3v) is 4.29. The molecule has 0 atom stereocenters. The molecule has 2 rings (SSSR count). The summed E-state index contributed by atoms with van der Waals surface area (Å²) in [6, 6.07) is 8.09. The number of rotatable bonds is 3. The lowest BCUT2D eigenvalue weighted by Gasteiger charge is -2.08. The van der Waals surface area contributed by atoms with Gasteiger partial charge in [-0.15, -0.1) is 0 Å². The number of aliphatic hydroxyl groups is 1. The second-order valence-corrected chi connectivity index (χ2v) is 6.25. The summed E-state index contributed by atoms with van der Waals surface area (Å²) in [4.78, 5) is 13.7. The molecule has 0 unspecified atom stereocenters. The Kier molecular flexibility index (Phi) is 4.39. The lowest BCUT2D eigenvalue weighted by Crippen LogP contribution is -2.28. The summed E-state index contributed by atoms with van der Waals surface area (Å²) in [6.07, 6.45) is 1.80. The van der Waals surface area contributed by atoms with Crippen molar-refractivity contribution in [3.05, 3.63) is 40.3 Å². The first-order valence-corrected chi connectivity index (χ1v) is 7.21. The SMILES string of the molecule is CC(C)c1ccc(/C=C2/SC(=S)N(CO)C2=O)cc1. The van der Waals surface area contributed by atoms with Crippen LogP contribution in [0, 0.1) is 0 Å². The molecule has 1 N–H and O–H groups in total. The smallest absolute Gasteiger partial charge is 0.268 e. The van der Waals surface area contributed by atoms with Gasteiger partial charge in [-0.05, 0) is 23.1 Å². The first-order valence-electron chi connectivity index (χ1n) is 5.99. The predicted octanol–water partition coefficient (Wildman–Crippen LogP) is 2.96. The van der Waals surface area contributed by atoms with Crippen molar-refractivity contribution in [1.82, 2.24) is 4.90 Å². The molecule has 1 amide bonds. The maximum atomic E-state index is 11.9. The van der Waals surface area contributed by atoms with Crippen LogP contribution >= 0.6 is 24.0 Å². The van der Waals surface area contributed by atoms with Crippen molar-refractivity contribution in [2.24, 2.45) is 0 Å².